The second kappa shape index (κ2) is 17.3. The van der Waals surface area contributed by atoms with Gasteiger partial charge in [-0.25, -0.2) is 22.7 Å². The van der Waals surface area contributed by atoms with Gasteiger partial charge in [0.25, 0.3) is 0 Å². The maximum Gasteiger partial charge on any atom is 0.335 e. The van der Waals surface area contributed by atoms with Crippen molar-refractivity contribution < 1.29 is 41.7 Å². The number of aromatic carboxylic acids is 1. The molecule has 2 heterocycles. The third-order valence-electron chi connectivity index (χ3n) is 10.4. The lowest BCUT2D eigenvalue weighted by Crippen LogP contribution is -2.58. The van der Waals surface area contributed by atoms with Crippen LogP contribution < -0.4 is 14.8 Å². The van der Waals surface area contributed by atoms with Crippen molar-refractivity contribution in [2.45, 2.75) is 63.1 Å². The van der Waals surface area contributed by atoms with Gasteiger partial charge in [-0.3, -0.25) is 9.69 Å². The number of carbonyl (C=O) groups excluding carboxylic acids is 1. The third-order valence-corrected chi connectivity index (χ3v) is 11.6. The summed E-state index contributed by atoms with van der Waals surface area (Å²) in [7, 11) is -0.741. The summed E-state index contributed by atoms with van der Waals surface area (Å²) in [5.74, 6) is -2.59. The molecule has 1 saturated heterocycles. The number of nitrogens with two attached hydrogens (primary N) is 1. The van der Waals surface area contributed by atoms with Crippen molar-refractivity contribution >= 4 is 39.2 Å². The SMILES string of the molecule is COCCN(CCOC)C(=O)C(/C(F)=C/C[C@H](C)CS(N)(=O)=O)N1CCC[C@H]1N1C[C@@]2(CCCc3cc(Cl)ccc32)COc2ccc(C(=O)O)cc21. The van der Waals surface area contributed by atoms with E-state index in [1.165, 1.54) is 31.3 Å². The molecule has 0 radical (unpaired) electrons. The Morgan fingerprint density at radius 2 is 1.90 bits per heavy atom. The number of fused-ring (bicyclic) bond motifs is 3. The molecule has 1 amide bonds. The van der Waals surface area contributed by atoms with Crippen molar-refractivity contribution in [3.63, 3.8) is 0 Å². The summed E-state index contributed by atoms with van der Waals surface area (Å²) in [6.45, 7) is 3.66. The minimum absolute atomic E-state index is 0.0471. The minimum Gasteiger partial charge on any atom is -0.490 e. The lowest BCUT2D eigenvalue weighted by Gasteiger charge is -2.45. The molecule has 1 spiro atoms. The number of allylic oxidation sites excluding steroid dienone is 1. The van der Waals surface area contributed by atoms with Crippen LogP contribution in [0.5, 0.6) is 5.75 Å². The zero-order valence-corrected chi connectivity index (χ0v) is 31.6. The number of carbonyl (C=O) groups is 2. The molecule has 0 saturated carbocycles. The molecule has 0 aromatic heterocycles. The lowest BCUT2D eigenvalue weighted by molar-refractivity contribution is -0.138. The van der Waals surface area contributed by atoms with Crippen molar-refractivity contribution in [3.8, 4) is 5.75 Å². The van der Waals surface area contributed by atoms with Crippen LogP contribution in [0.2, 0.25) is 5.02 Å². The van der Waals surface area contributed by atoms with Gasteiger partial charge in [0.2, 0.25) is 15.9 Å². The van der Waals surface area contributed by atoms with Crippen LogP contribution in [-0.2, 0) is 36.1 Å². The number of benzene rings is 2. The van der Waals surface area contributed by atoms with Gasteiger partial charge in [0.15, 0.2) is 0 Å². The van der Waals surface area contributed by atoms with Gasteiger partial charge in [0.1, 0.15) is 17.6 Å². The van der Waals surface area contributed by atoms with Gasteiger partial charge >= 0.3 is 5.97 Å². The Hall–Kier alpha value is -3.27. The van der Waals surface area contributed by atoms with Crippen molar-refractivity contribution in [3.05, 3.63) is 70.0 Å². The number of sulfonamides is 1. The van der Waals surface area contributed by atoms with E-state index < -0.39 is 51.3 Å². The highest BCUT2D eigenvalue weighted by Gasteiger charge is 2.48. The number of methoxy groups -OCH3 is 2. The maximum absolute atomic E-state index is 16.8. The molecule has 52 heavy (non-hydrogen) atoms. The summed E-state index contributed by atoms with van der Waals surface area (Å²) in [5, 5.41) is 15.9. The standard InChI is InChI=1S/C37H50ClFN4O8S/c1-25(22-52(40,47)48)8-12-30(39)34(35(44)41(16-18-49-2)17-19-50-3)42-15-5-7-33(42)43-23-37(14-4-6-26-20-28(38)10-11-29(26)37)24-51-32-13-9-27(36(45)46)21-31(32)43/h9-13,20-21,25,33-34H,4-8,14-19,22-24H2,1-3H3,(H,45,46)(H2,40,47,48)/b30-12-/t25-,33+,34?,37-/m0/s1. The number of anilines is 1. The summed E-state index contributed by atoms with van der Waals surface area (Å²) < 4.78 is 57.5. The molecule has 1 aliphatic carbocycles. The monoisotopic (exact) mass is 764 g/mol. The van der Waals surface area contributed by atoms with Crippen LogP contribution in [0.3, 0.4) is 0 Å². The number of hydrogen-bond acceptors (Lipinski definition) is 9. The summed E-state index contributed by atoms with van der Waals surface area (Å²) in [4.78, 5) is 32.3. The summed E-state index contributed by atoms with van der Waals surface area (Å²) in [5.41, 5.74) is 2.37. The molecule has 0 bridgehead atoms. The zero-order valence-electron chi connectivity index (χ0n) is 30.1. The number of amides is 1. The summed E-state index contributed by atoms with van der Waals surface area (Å²) in [6.07, 6.45) is 4.57. The van der Waals surface area contributed by atoms with Gasteiger partial charge in [0.05, 0.1) is 43.0 Å². The van der Waals surface area contributed by atoms with Crippen LogP contribution in [0.25, 0.3) is 0 Å². The molecule has 2 aliphatic heterocycles. The second-order valence-corrected chi connectivity index (χ2v) is 16.3. The zero-order chi connectivity index (χ0) is 37.6. The smallest absolute Gasteiger partial charge is 0.335 e. The molecular formula is C37H50ClFN4O8S. The summed E-state index contributed by atoms with van der Waals surface area (Å²) in [6, 6.07) is 9.34. The van der Waals surface area contributed by atoms with Gasteiger partial charge in [-0.15, -0.1) is 0 Å². The van der Waals surface area contributed by atoms with Crippen LogP contribution in [0.1, 0.15) is 60.5 Å². The van der Waals surface area contributed by atoms with E-state index in [0.717, 1.165) is 30.4 Å². The lowest BCUT2D eigenvalue weighted by atomic mass is 9.70. The van der Waals surface area contributed by atoms with E-state index in [1.807, 2.05) is 23.1 Å². The number of aryl methyl sites for hydroxylation is 1. The molecule has 2 aromatic rings. The molecule has 12 nitrogen and oxygen atoms in total. The van der Waals surface area contributed by atoms with Gasteiger partial charge < -0.3 is 29.1 Å². The molecular weight excluding hydrogens is 715 g/mol. The molecule has 3 N–H and O–H groups in total. The van der Waals surface area contributed by atoms with Gasteiger partial charge in [-0.05, 0) is 85.9 Å². The predicted molar refractivity (Wildman–Crippen MR) is 197 cm³/mol. The first-order valence-electron chi connectivity index (χ1n) is 17.7. The van der Waals surface area contributed by atoms with Gasteiger partial charge in [-0.1, -0.05) is 30.7 Å². The Kier molecular flexibility index (Phi) is 13.2. The molecule has 1 unspecified atom stereocenters. The highest BCUT2D eigenvalue weighted by Crippen LogP contribution is 2.46. The Balaban J connectivity index is 1.61. The Bertz CT molecular complexity index is 1740. The van der Waals surface area contributed by atoms with Crippen LogP contribution in [0, 0.1) is 5.92 Å². The molecule has 1 fully saturated rings. The number of hydrogen-bond donors (Lipinski definition) is 2. The molecule has 286 valence electrons. The molecule has 4 atom stereocenters. The van der Waals surface area contributed by atoms with E-state index in [9.17, 15) is 23.1 Å². The molecule has 3 aliphatic rings. The van der Waals surface area contributed by atoms with E-state index in [0.29, 0.717) is 49.0 Å². The largest absolute Gasteiger partial charge is 0.490 e. The first-order valence-corrected chi connectivity index (χ1v) is 19.8. The number of carboxylic acids is 1. The van der Waals surface area contributed by atoms with Crippen molar-refractivity contribution in [1.29, 1.82) is 0 Å². The maximum atomic E-state index is 16.8. The van der Waals surface area contributed by atoms with E-state index in [1.54, 1.807) is 19.1 Å². The normalized spacial score (nSPS) is 21.9. The van der Waals surface area contributed by atoms with Crippen LogP contribution in [0.4, 0.5) is 10.1 Å². The Morgan fingerprint density at radius 1 is 1.17 bits per heavy atom. The van der Waals surface area contributed by atoms with Gasteiger partial charge in [-0.2, -0.15) is 0 Å². The number of likely N-dealkylation sites (tertiary alicyclic amines) is 1. The topological polar surface area (TPSA) is 152 Å². The second-order valence-electron chi connectivity index (χ2n) is 14.2. The quantitative estimate of drug-likeness (QED) is 0.264. The first kappa shape index (κ1) is 39.9. The van der Waals surface area contributed by atoms with E-state index in [2.05, 4.69) is 4.90 Å². The van der Waals surface area contributed by atoms with Crippen molar-refractivity contribution in [2.75, 3.05) is 70.9 Å². The highest BCUT2D eigenvalue weighted by atomic mass is 35.5. The molecule has 5 rings (SSSR count). The third kappa shape index (κ3) is 9.26. The minimum atomic E-state index is -3.79. The number of carboxylic acid groups (broad SMARTS) is 1. The Morgan fingerprint density at radius 3 is 2.58 bits per heavy atom. The van der Waals surface area contributed by atoms with Crippen molar-refractivity contribution in [1.82, 2.24) is 9.80 Å². The highest BCUT2D eigenvalue weighted by molar-refractivity contribution is 7.89. The fraction of sp³-hybridized carbons (Fsp3) is 0.568. The fourth-order valence-corrected chi connectivity index (χ4v) is 9.04. The van der Waals surface area contributed by atoms with Gasteiger partial charge in [0, 0.05) is 50.8 Å². The molecule has 2 aromatic carbocycles. The summed E-state index contributed by atoms with van der Waals surface area (Å²) >= 11 is 6.44. The predicted octanol–water partition coefficient (Wildman–Crippen LogP) is 4.59. The number of halogens is 2. The number of nitrogens with zero attached hydrogens (tertiary/aromatic N) is 3. The number of rotatable bonds is 15. The first-order chi connectivity index (χ1) is 24.8. The Labute approximate surface area is 310 Å². The van der Waals surface area contributed by atoms with E-state index in [-0.39, 0.29) is 44.0 Å². The van der Waals surface area contributed by atoms with Crippen LogP contribution in [0.15, 0.2) is 48.3 Å². The number of ether oxygens (including phenoxy) is 3. The van der Waals surface area contributed by atoms with E-state index in [4.69, 9.17) is 31.0 Å². The van der Waals surface area contributed by atoms with E-state index >= 15 is 4.39 Å². The average molecular weight is 765 g/mol. The fourth-order valence-electron chi connectivity index (χ4n) is 7.91. The average Bonchev–Trinajstić information content (AvgIpc) is 3.50. The van der Waals surface area contributed by atoms with Crippen LogP contribution >= 0.6 is 11.6 Å². The van der Waals surface area contributed by atoms with Crippen LogP contribution in [-0.4, -0.2) is 113 Å². The molecule has 15 heteroatoms. The number of primary sulfonamides is 1. The van der Waals surface area contributed by atoms with Crippen molar-refractivity contribution in [2.24, 2.45) is 11.1 Å².